The summed E-state index contributed by atoms with van der Waals surface area (Å²) in [6, 6.07) is 0. The van der Waals surface area contributed by atoms with Crippen molar-refractivity contribution in [1.29, 1.82) is 0 Å². The molecule has 20 heavy (non-hydrogen) atoms. The molecule has 0 N–H and O–H groups in total. The molecule has 0 aromatic rings. The van der Waals surface area contributed by atoms with Gasteiger partial charge in [-0.1, -0.05) is 23.5 Å². The van der Waals surface area contributed by atoms with Crippen LogP contribution in [0.5, 0.6) is 0 Å². The molecule has 2 rings (SSSR count). The molecule has 0 amide bonds. The van der Waals surface area contributed by atoms with Gasteiger partial charge in [0.05, 0.1) is 8.47 Å². The lowest BCUT2D eigenvalue weighted by Gasteiger charge is -2.11. The Kier molecular flexibility index (Phi) is 4.83. The lowest BCUT2D eigenvalue weighted by atomic mass is 10.4. The van der Waals surface area contributed by atoms with Gasteiger partial charge in [0, 0.05) is 0 Å². The predicted octanol–water partition coefficient (Wildman–Crippen LogP) is 5.63. The standard InChI is InChI=1S/C8H2F6S6/c9-7(10,11)1-2(8(12,13)14)18-5(17-1)6-19-3(15)4(16)20-6/h15-16H/p-2. The normalized spacial score (nSPS) is 21.5. The van der Waals surface area contributed by atoms with Crippen molar-refractivity contribution in [2.24, 2.45) is 0 Å². The summed E-state index contributed by atoms with van der Waals surface area (Å²) in [7, 11) is 0. The van der Waals surface area contributed by atoms with Gasteiger partial charge in [0.1, 0.15) is 9.81 Å². The van der Waals surface area contributed by atoms with Gasteiger partial charge in [-0.05, 0) is 0 Å². The van der Waals surface area contributed by atoms with Crippen LogP contribution in [0.15, 0.2) is 26.8 Å². The lowest BCUT2D eigenvalue weighted by Crippen LogP contribution is -2.16. The Bertz CT molecular complexity index is 495. The average Bonchev–Trinajstić information content (AvgIpc) is 2.82. The molecule has 0 bridgehead atoms. The third kappa shape index (κ3) is 3.51. The van der Waals surface area contributed by atoms with Crippen LogP contribution in [0.4, 0.5) is 26.3 Å². The summed E-state index contributed by atoms with van der Waals surface area (Å²) >= 11 is 11.7. The molecule has 0 nitrogen and oxygen atoms in total. The topological polar surface area (TPSA) is 0 Å². The molecule has 112 valence electrons. The number of thioether (sulfide) groups is 4. The Hall–Kier alpha value is 0.640. The fraction of sp³-hybridized carbons (Fsp3) is 0.250. The van der Waals surface area contributed by atoms with Crippen molar-refractivity contribution < 1.29 is 26.3 Å². The molecule has 0 fully saturated rings. The Labute approximate surface area is 137 Å². The maximum Gasteiger partial charge on any atom is 0.423 e. The molecule has 0 spiro atoms. The van der Waals surface area contributed by atoms with E-state index in [1.54, 1.807) is 0 Å². The molecule has 2 heterocycles. The molecule has 0 radical (unpaired) electrons. The second kappa shape index (κ2) is 5.69. The monoisotopic (exact) mass is 402 g/mol. The van der Waals surface area contributed by atoms with Crippen LogP contribution in [0.3, 0.4) is 0 Å². The number of rotatable bonds is 0. The summed E-state index contributed by atoms with van der Waals surface area (Å²) in [6.07, 6.45) is -10.1. The second-order valence-corrected chi connectivity index (χ2v) is 9.14. The van der Waals surface area contributed by atoms with Crippen molar-refractivity contribution >= 4 is 72.3 Å². The molecule has 2 aliphatic rings. The fourth-order valence-corrected chi connectivity index (χ4v) is 6.87. The minimum absolute atomic E-state index is 0.0702. The molecule has 2 aliphatic heterocycles. The zero-order chi connectivity index (χ0) is 15.3. The number of alkyl halides is 6. The quantitative estimate of drug-likeness (QED) is 0.378. The third-order valence-electron chi connectivity index (χ3n) is 1.81. The van der Waals surface area contributed by atoms with E-state index in [-0.39, 0.29) is 32.0 Å². The van der Waals surface area contributed by atoms with Gasteiger partial charge in [-0.25, -0.2) is 0 Å². The maximum atomic E-state index is 12.7. The highest BCUT2D eigenvalue weighted by atomic mass is 32.2. The first kappa shape index (κ1) is 17.0. The van der Waals surface area contributed by atoms with E-state index in [1.165, 1.54) is 0 Å². The van der Waals surface area contributed by atoms with Gasteiger partial charge < -0.3 is 25.3 Å². The first-order valence-corrected chi connectivity index (χ1v) is 8.51. The first-order valence-electron chi connectivity index (χ1n) is 4.43. The Morgan fingerprint density at radius 3 is 1.20 bits per heavy atom. The Balaban J connectivity index is 2.35. The molecule has 0 aliphatic carbocycles. The molecule has 0 atom stereocenters. The van der Waals surface area contributed by atoms with Crippen molar-refractivity contribution in [2.75, 3.05) is 0 Å². The van der Waals surface area contributed by atoms with Crippen LogP contribution in [0.25, 0.3) is 0 Å². The van der Waals surface area contributed by atoms with Crippen LogP contribution in [0, 0.1) is 0 Å². The van der Waals surface area contributed by atoms with Gasteiger partial charge in [0.15, 0.2) is 0 Å². The first-order chi connectivity index (χ1) is 9.00. The van der Waals surface area contributed by atoms with E-state index in [1.807, 2.05) is 0 Å². The molecular formula is C8F6S6-2. The number of halogens is 6. The summed E-state index contributed by atoms with van der Waals surface area (Å²) in [4.78, 5) is -3.27. The van der Waals surface area contributed by atoms with E-state index in [0.29, 0.717) is 8.47 Å². The highest BCUT2D eigenvalue weighted by molar-refractivity contribution is 8.37. The van der Waals surface area contributed by atoms with Crippen molar-refractivity contribution in [1.82, 2.24) is 0 Å². The van der Waals surface area contributed by atoms with Crippen LogP contribution in [-0.2, 0) is 25.3 Å². The van der Waals surface area contributed by atoms with Gasteiger partial charge >= 0.3 is 12.4 Å². The van der Waals surface area contributed by atoms with Crippen LogP contribution in [0.1, 0.15) is 0 Å². The summed E-state index contributed by atoms with van der Waals surface area (Å²) in [6.45, 7) is 0. The average molecular weight is 402 g/mol. The van der Waals surface area contributed by atoms with Crippen molar-refractivity contribution in [3.8, 4) is 0 Å². The van der Waals surface area contributed by atoms with Crippen molar-refractivity contribution in [3.63, 3.8) is 0 Å². The molecule has 0 saturated heterocycles. The van der Waals surface area contributed by atoms with E-state index in [0.717, 1.165) is 23.5 Å². The van der Waals surface area contributed by atoms with Gasteiger partial charge in [0.2, 0.25) is 0 Å². The number of hydrogen-bond donors (Lipinski definition) is 0. The molecule has 0 saturated carbocycles. The third-order valence-corrected chi connectivity index (χ3v) is 8.50. The van der Waals surface area contributed by atoms with E-state index >= 15 is 0 Å². The number of allylic oxidation sites excluding steroid dienone is 2. The number of hydrogen-bond acceptors (Lipinski definition) is 6. The molecule has 12 heteroatoms. The maximum absolute atomic E-state index is 12.7. The van der Waals surface area contributed by atoms with E-state index in [9.17, 15) is 26.3 Å². The summed E-state index contributed by atoms with van der Waals surface area (Å²) in [5.41, 5.74) is 0. The smallest absolute Gasteiger partial charge is 0.423 e. The minimum atomic E-state index is -5.04. The second-order valence-electron chi connectivity index (χ2n) is 3.21. The van der Waals surface area contributed by atoms with Crippen LogP contribution in [-0.4, -0.2) is 12.4 Å². The van der Waals surface area contributed by atoms with E-state index in [2.05, 4.69) is 0 Å². The molecule has 0 unspecified atom stereocenters. The Morgan fingerprint density at radius 2 is 0.900 bits per heavy atom. The molecular weight excluding hydrogens is 402 g/mol. The minimum Gasteiger partial charge on any atom is -0.774 e. The van der Waals surface area contributed by atoms with Gasteiger partial charge in [-0.2, -0.15) is 26.3 Å². The SMILES string of the molecule is FC(F)(F)C1=C(C(F)(F)F)SC(=C2SC([S-])=C([S-])S2)S1. The summed E-state index contributed by atoms with van der Waals surface area (Å²) in [5, 5.41) is 0. The van der Waals surface area contributed by atoms with Gasteiger partial charge in [-0.15, -0.1) is 32.0 Å². The predicted molar refractivity (Wildman–Crippen MR) is 78.3 cm³/mol. The van der Waals surface area contributed by atoms with Gasteiger partial charge in [0.25, 0.3) is 0 Å². The van der Waals surface area contributed by atoms with Crippen LogP contribution >= 0.6 is 47.0 Å². The van der Waals surface area contributed by atoms with Gasteiger partial charge in [-0.3, -0.25) is 0 Å². The molecule has 0 aromatic heterocycles. The highest BCUT2D eigenvalue weighted by Crippen LogP contribution is 2.64. The highest BCUT2D eigenvalue weighted by Gasteiger charge is 2.51. The zero-order valence-electron chi connectivity index (χ0n) is 8.72. The van der Waals surface area contributed by atoms with Crippen LogP contribution in [0.2, 0.25) is 0 Å². The Morgan fingerprint density at radius 1 is 0.600 bits per heavy atom. The van der Waals surface area contributed by atoms with Crippen molar-refractivity contribution in [2.45, 2.75) is 12.4 Å². The zero-order valence-corrected chi connectivity index (χ0v) is 13.6. The van der Waals surface area contributed by atoms with Crippen LogP contribution < -0.4 is 0 Å². The lowest BCUT2D eigenvalue weighted by molar-refractivity contribution is -0.103. The fourth-order valence-electron chi connectivity index (χ4n) is 1.11. The largest absolute Gasteiger partial charge is 0.774 e. The van der Waals surface area contributed by atoms with E-state index in [4.69, 9.17) is 25.3 Å². The molecule has 0 aromatic carbocycles. The summed E-state index contributed by atoms with van der Waals surface area (Å²) < 4.78 is 76.8. The van der Waals surface area contributed by atoms with Crippen molar-refractivity contribution in [3.05, 3.63) is 26.8 Å². The van der Waals surface area contributed by atoms with E-state index < -0.39 is 22.2 Å². The summed E-state index contributed by atoms with van der Waals surface area (Å²) in [5.74, 6) is 0.